The second kappa shape index (κ2) is 5.44. The van der Waals surface area contributed by atoms with E-state index in [9.17, 15) is 13.2 Å². The summed E-state index contributed by atoms with van der Waals surface area (Å²) in [5.74, 6) is -0.297. The van der Waals surface area contributed by atoms with Crippen LogP contribution in [0.3, 0.4) is 0 Å². The van der Waals surface area contributed by atoms with Crippen LogP contribution in [0.4, 0.5) is 0 Å². The van der Waals surface area contributed by atoms with Crippen LogP contribution in [-0.4, -0.2) is 43.2 Å². The first-order valence-corrected chi connectivity index (χ1v) is 7.58. The Morgan fingerprint density at radius 1 is 1.58 bits per heavy atom. The van der Waals surface area contributed by atoms with E-state index in [1.165, 1.54) is 25.4 Å². The van der Waals surface area contributed by atoms with E-state index < -0.39 is 10.0 Å². The number of hydrogen-bond donors (Lipinski definition) is 1. The van der Waals surface area contributed by atoms with Crippen molar-refractivity contribution in [2.45, 2.75) is 23.8 Å². The highest BCUT2D eigenvalue weighted by Gasteiger charge is 2.27. The number of amides is 1. The minimum atomic E-state index is -3.72. The third-order valence-electron chi connectivity index (χ3n) is 2.71. The van der Waals surface area contributed by atoms with Crippen LogP contribution in [0.2, 0.25) is 5.15 Å². The molecule has 104 valence electrons. The lowest BCUT2D eigenvalue weighted by atomic mass is 10.5. The molecule has 0 atom stereocenters. The molecule has 0 saturated heterocycles. The summed E-state index contributed by atoms with van der Waals surface area (Å²) >= 11 is 5.67. The molecule has 2 rings (SSSR count). The standard InChI is InChI=1S/C11H14ClN3O3S/c1-15(7-11(16)14-8-2-3-8)19(17,18)9-4-5-13-10(12)6-9/h4-6,8H,2-3,7H2,1H3,(H,14,16). The molecule has 0 aromatic carbocycles. The van der Waals surface area contributed by atoms with E-state index >= 15 is 0 Å². The van der Waals surface area contributed by atoms with Gasteiger partial charge in [-0.1, -0.05) is 11.6 Å². The van der Waals surface area contributed by atoms with Crippen molar-refractivity contribution in [2.75, 3.05) is 13.6 Å². The van der Waals surface area contributed by atoms with Crippen molar-refractivity contribution in [2.24, 2.45) is 0 Å². The van der Waals surface area contributed by atoms with E-state index in [0.29, 0.717) is 0 Å². The summed E-state index contributed by atoms with van der Waals surface area (Å²) in [6.45, 7) is -0.210. The number of carbonyl (C=O) groups excluding carboxylic acids is 1. The maximum absolute atomic E-state index is 12.2. The van der Waals surface area contributed by atoms with E-state index in [0.717, 1.165) is 17.1 Å². The molecule has 0 radical (unpaired) electrons. The molecule has 1 aromatic heterocycles. The Morgan fingerprint density at radius 2 is 2.26 bits per heavy atom. The monoisotopic (exact) mass is 303 g/mol. The minimum Gasteiger partial charge on any atom is -0.352 e. The van der Waals surface area contributed by atoms with Crippen molar-refractivity contribution >= 4 is 27.5 Å². The van der Waals surface area contributed by atoms with Crippen LogP contribution in [0.15, 0.2) is 23.2 Å². The Bertz CT molecular complexity index is 587. The number of sulfonamides is 1. The van der Waals surface area contributed by atoms with E-state index in [2.05, 4.69) is 10.3 Å². The number of aromatic nitrogens is 1. The van der Waals surface area contributed by atoms with E-state index in [-0.39, 0.29) is 28.5 Å². The number of carbonyl (C=O) groups is 1. The van der Waals surface area contributed by atoms with Gasteiger partial charge in [-0.3, -0.25) is 4.79 Å². The van der Waals surface area contributed by atoms with Gasteiger partial charge in [-0.05, 0) is 25.0 Å². The van der Waals surface area contributed by atoms with Crippen LogP contribution in [0, 0.1) is 0 Å². The van der Waals surface area contributed by atoms with Gasteiger partial charge in [0.25, 0.3) is 0 Å². The molecule has 1 aliphatic carbocycles. The third kappa shape index (κ3) is 3.65. The average molecular weight is 304 g/mol. The first-order chi connectivity index (χ1) is 8.89. The molecule has 1 saturated carbocycles. The second-order valence-corrected chi connectivity index (χ2v) is 6.85. The van der Waals surface area contributed by atoms with Gasteiger partial charge in [0, 0.05) is 19.3 Å². The number of likely N-dealkylation sites (N-methyl/N-ethyl adjacent to an activating group) is 1. The van der Waals surface area contributed by atoms with Crippen molar-refractivity contribution in [3.8, 4) is 0 Å². The fourth-order valence-electron chi connectivity index (χ4n) is 1.51. The normalized spacial score (nSPS) is 15.5. The minimum absolute atomic E-state index is 0.0224. The summed E-state index contributed by atoms with van der Waals surface area (Å²) in [4.78, 5) is 15.3. The first kappa shape index (κ1) is 14.2. The highest BCUT2D eigenvalue weighted by atomic mass is 35.5. The Kier molecular flexibility index (Phi) is 4.07. The van der Waals surface area contributed by atoms with Gasteiger partial charge in [-0.2, -0.15) is 4.31 Å². The molecule has 0 aliphatic heterocycles. The van der Waals surface area contributed by atoms with Crippen LogP contribution in [0.1, 0.15) is 12.8 Å². The average Bonchev–Trinajstić information content (AvgIpc) is 3.12. The Balaban J connectivity index is 2.07. The molecule has 1 aliphatic rings. The van der Waals surface area contributed by atoms with Crippen molar-refractivity contribution in [3.63, 3.8) is 0 Å². The number of nitrogens with one attached hydrogen (secondary N) is 1. The molecule has 19 heavy (non-hydrogen) atoms. The highest BCUT2D eigenvalue weighted by Crippen LogP contribution is 2.19. The maximum atomic E-state index is 12.2. The summed E-state index contributed by atoms with van der Waals surface area (Å²) < 4.78 is 25.4. The smallest absolute Gasteiger partial charge is 0.243 e. The fourth-order valence-corrected chi connectivity index (χ4v) is 2.89. The van der Waals surface area contributed by atoms with Gasteiger partial charge < -0.3 is 5.32 Å². The molecule has 6 nitrogen and oxygen atoms in total. The molecule has 0 unspecified atom stereocenters. The molecule has 0 spiro atoms. The topological polar surface area (TPSA) is 79.4 Å². The summed E-state index contributed by atoms with van der Waals surface area (Å²) in [5, 5.41) is 2.83. The largest absolute Gasteiger partial charge is 0.352 e. The molecular weight excluding hydrogens is 290 g/mol. The van der Waals surface area contributed by atoms with E-state index in [1.807, 2.05) is 0 Å². The van der Waals surface area contributed by atoms with Gasteiger partial charge >= 0.3 is 0 Å². The number of pyridine rings is 1. The van der Waals surface area contributed by atoms with Gasteiger partial charge in [0.2, 0.25) is 15.9 Å². The van der Waals surface area contributed by atoms with Crippen LogP contribution in [0.25, 0.3) is 0 Å². The predicted octanol–water partition coefficient (Wildman–Crippen LogP) is 0.634. The molecule has 0 bridgehead atoms. The van der Waals surface area contributed by atoms with Crippen molar-refractivity contribution in [1.82, 2.24) is 14.6 Å². The quantitative estimate of drug-likeness (QED) is 0.809. The van der Waals surface area contributed by atoms with Crippen molar-refractivity contribution in [3.05, 3.63) is 23.5 Å². The zero-order chi connectivity index (χ0) is 14.0. The number of rotatable bonds is 5. The van der Waals surface area contributed by atoms with Gasteiger partial charge in [-0.25, -0.2) is 13.4 Å². The van der Waals surface area contributed by atoms with Crippen molar-refractivity contribution in [1.29, 1.82) is 0 Å². The molecule has 1 fully saturated rings. The fraction of sp³-hybridized carbons (Fsp3) is 0.455. The lowest BCUT2D eigenvalue weighted by Gasteiger charge is -2.16. The number of hydrogen-bond acceptors (Lipinski definition) is 4. The van der Waals surface area contributed by atoms with E-state index in [1.54, 1.807) is 0 Å². The Hall–Kier alpha value is -1.18. The molecule has 1 amide bonds. The van der Waals surface area contributed by atoms with Crippen LogP contribution < -0.4 is 5.32 Å². The molecular formula is C11H14ClN3O3S. The lowest BCUT2D eigenvalue weighted by molar-refractivity contribution is -0.121. The van der Waals surface area contributed by atoms with Crippen LogP contribution >= 0.6 is 11.6 Å². The number of halogens is 1. The van der Waals surface area contributed by atoms with Gasteiger partial charge in [0.15, 0.2) is 0 Å². The summed E-state index contributed by atoms with van der Waals surface area (Å²) in [7, 11) is -2.37. The Labute approximate surface area is 116 Å². The maximum Gasteiger partial charge on any atom is 0.243 e. The van der Waals surface area contributed by atoms with E-state index in [4.69, 9.17) is 11.6 Å². The second-order valence-electron chi connectivity index (χ2n) is 4.42. The van der Waals surface area contributed by atoms with Crippen LogP contribution in [0.5, 0.6) is 0 Å². The SMILES string of the molecule is CN(CC(=O)NC1CC1)S(=O)(=O)c1ccnc(Cl)c1. The zero-order valence-corrected chi connectivity index (χ0v) is 11.9. The molecule has 1 heterocycles. The predicted molar refractivity (Wildman–Crippen MR) is 70.2 cm³/mol. The Morgan fingerprint density at radius 3 is 2.84 bits per heavy atom. The summed E-state index contributed by atoms with van der Waals surface area (Å²) in [6.07, 6.45) is 3.23. The van der Waals surface area contributed by atoms with Gasteiger partial charge in [0.05, 0.1) is 11.4 Å². The molecule has 1 aromatic rings. The third-order valence-corrected chi connectivity index (χ3v) is 4.72. The van der Waals surface area contributed by atoms with Gasteiger partial charge in [0.1, 0.15) is 5.15 Å². The van der Waals surface area contributed by atoms with Crippen molar-refractivity contribution < 1.29 is 13.2 Å². The molecule has 8 heteroatoms. The highest BCUT2D eigenvalue weighted by molar-refractivity contribution is 7.89. The summed E-state index contributed by atoms with van der Waals surface area (Å²) in [6, 6.07) is 2.81. The zero-order valence-electron chi connectivity index (χ0n) is 10.3. The molecule has 1 N–H and O–H groups in total. The summed E-state index contributed by atoms with van der Waals surface area (Å²) in [5.41, 5.74) is 0. The van der Waals surface area contributed by atoms with Crippen LogP contribution in [-0.2, 0) is 14.8 Å². The number of nitrogens with zero attached hydrogens (tertiary/aromatic N) is 2. The van der Waals surface area contributed by atoms with Gasteiger partial charge in [-0.15, -0.1) is 0 Å². The first-order valence-electron chi connectivity index (χ1n) is 5.77. The lowest BCUT2D eigenvalue weighted by Crippen LogP contribution is -2.39.